The maximum absolute atomic E-state index is 5.52. The number of nitrogens with one attached hydrogen (secondary N) is 1. The highest BCUT2D eigenvalue weighted by atomic mass is 16.5. The van der Waals surface area contributed by atoms with Crippen LogP contribution in [0.1, 0.15) is 16.7 Å². The van der Waals surface area contributed by atoms with Gasteiger partial charge in [-0.3, -0.25) is 4.68 Å². The normalized spacial score (nSPS) is 13.7. The smallest absolute Gasteiger partial charge is 0.138 e. The third-order valence-electron chi connectivity index (χ3n) is 8.92. The Morgan fingerprint density at radius 3 is 1.84 bits per heavy atom. The summed E-state index contributed by atoms with van der Waals surface area (Å²) < 4.78 is 7.64. The zero-order chi connectivity index (χ0) is 30.1. The van der Waals surface area contributed by atoms with E-state index >= 15 is 0 Å². The summed E-state index contributed by atoms with van der Waals surface area (Å²) in [5, 5.41) is 6.15. The number of benzene rings is 4. The predicted molar refractivity (Wildman–Crippen MR) is 180 cm³/mol. The number of ether oxygens (including phenoxy) is 1. The maximum atomic E-state index is 5.52. The van der Waals surface area contributed by atoms with Crippen molar-refractivity contribution in [3.63, 3.8) is 0 Å². The second-order valence-electron chi connectivity index (χ2n) is 11.5. The number of fused-ring (bicyclic) bond motifs is 1. The van der Waals surface area contributed by atoms with E-state index < -0.39 is 5.54 Å². The monoisotopic (exact) mass is 587 g/mol. The number of H-pyrrole nitrogens is 1. The van der Waals surface area contributed by atoms with Crippen LogP contribution in [-0.2, 0) is 10.3 Å². The molecule has 0 unspecified atom stereocenters. The van der Waals surface area contributed by atoms with Gasteiger partial charge in [-0.2, -0.15) is 5.10 Å². The zero-order valence-electron chi connectivity index (χ0n) is 24.9. The number of nitrogens with zero attached hydrogens (tertiary/aromatic N) is 4. The quantitative estimate of drug-likeness (QED) is 0.194. The van der Waals surface area contributed by atoms with E-state index in [4.69, 9.17) is 14.8 Å². The Labute approximate surface area is 262 Å². The molecule has 0 amide bonds. The number of pyridine rings is 1. The molecule has 1 aliphatic heterocycles. The lowest BCUT2D eigenvalue weighted by Gasteiger charge is -2.36. The van der Waals surface area contributed by atoms with Crippen LogP contribution in [-0.4, -0.2) is 46.1 Å². The minimum Gasteiger partial charge on any atom is -0.378 e. The van der Waals surface area contributed by atoms with E-state index in [1.807, 2.05) is 18.6 Å². The summed E-state index contributed by atoms with van der Waals surface area (Å²) in [7, 11) is 0. The van der Waals surface area contributed by atoms with E-state index in [1.54, 1.807) is 0 Å². The lowest BCUT2D eigenvalue weighted by atomic mass is 9.77. The van der Waals surface area contributed by atoms with Gasteiger partial charge in [-0.15, -0.1) is 0 Å². The number of rotatable bonds is 7. The van der Waals surface area contributed by atoms with Crippen molar-refractivity contribution in [2.45, 2.75) is 5.54 Å². The third-order valence-corrected chi connectivity index (χ3v) is 8.92. The summed E-state index contributed by atoms with van der Waals surface area (Å²) in [4.78, 5) is 10.6. The predicted octanol–water partition coefficient (Wildman–Crippen LogP) is 7.77. The molecular formula is C39H33N5O. The molecule has 1 N–H and O–H groups in total. The molecule has 3 aromatic heterocycles. The van der Waals surface area contributed by atoms with E-state index in [2.05, 4.69) is 142 Å². The van der Waals surface area contributed by atoms with Gasteiger partial charge in [0.05, 0.1) is 19.4 Å². The maximum Gasteiger partial charge on any atom is 0.138 e. The van der Waals surface area contributed by atoms with Gasteiger partial charge in [-0.25, -0.2) is 4.98 Å². The Morgan fingerprint density at radius 2 is 1.24 bits per heavy atom. The fourth-order valence-corrected chi connectivity index (χ4v) is 6.67. The molecular weight excluding hydrogens is 554 g/mol. The summed E-state index contributed by atoms with van der Waals surface area (Å²) in [6.07, 6.45) is 8.12. The van der Waals surface area contributed by atoms with Crippen LogP contribution in [0, 0.1) is 0 Å². The van der Waals surface area contributed by atoms with Crippen molar-refractivity contribution in [2.24, 2.45) is 0 Å². The Morgan fingerprint density at radius 1 is 0.644 bits per heavy atom. The first-order valence-electron chi connectivity index (χ1n) is 15.4. The second-order valence-corrected chi connectivity index (χ2v) is 11.5. The van der Waals surface area contributed by atoms with Gasteiger partial charge in [0.2, 0.25) is 0 Å². The molecule has 6 heteroatoms. The molecule has 8 rings (SSSR count). The lowest BCUT2D eigenvalue weighted by molar-refractivity contribution is 0.122. The summed E-state index contributed by atoms with van der Waals surface area (Å²) in [5.74, 6) is 0. The summed E-state index contributed by atoms with van der Waals surface area (Å²) >= 11 is 0. The molecule has 0 bridgehead atoms. The minimum absolute atomic E-state index is 0.667. The number of aromatic amines is 1. The highest BCUT2D eigenvalue weighted by molar-refractivity contribution is 5.95. The van der Waals surface area contributed by atoms with Crippen LogP contribution >= 0.6 is 0 Å². The van der Waals surface area contributed by atoms with E-state index in [0.29, 0.717) is 0 Å². The van der Waals surface area contributed by atoms with Gasteiger partial charge in [-0.05, 0) is 40.5 Å². The van der Waals surface area contributed by atoms with E-state index in [-0.39, 0.29) is 0 Å². The van der Waals surface area contributed by atoms with Crippen LogP contribution in [0.4, 0.5) is 5.69 Å². The first-order valence-corrected chi connectivity index (χ1v) is 15.4. The fourth-order valence-electron chi connectivity index (χ4n) is 6.67. The molecule has 4 heterocycles. The Hall–Kier alpha value is -5.46. The SMILES string of the molecule is c1ccc(C(c2ccccc2)(c2ccccc2)n2cc(-c3c[nH]c4ncc(-c5ccc(N6CCOCC6)cc5)cc34)cn2)cc1. The number of anilines is 1. The van der Waals surface area contributed by atoms with Crippen LogP contribution in [0.15, 0.2) is 146 Å². The van der Waals surface area contributed by atoms with Crippen molar-refractivity contribution in [1.29, 1.82) is 0 Å². The van der Waals surface area contributed by atoms with Crippen molar-refractivity contribution < 1.29 is 4.74 Å². The zero-order valence-corrected chi connectivity index (χ0v) is 24.9. The average Bonchev–Trinajstić information content (AvgIpc) is 3.78. The Balaban J connectivity index is 1.22. The van der Waals surface area contributed by atoms with E-state index in [0.717, 1.165) is 76.3 Å². The van der Waals surface area contributed by atoms with Crippen molar-refractivity contribution in [3.8, 4) is 22.3 Å². The highest BCUT2D eigenvalue weighted by Gasteiger charge is 2.39. The van der Waals surface area contributed by atoms with Gasteiger partial charge < -0.3 is 14.6 Å². The van der Waals surface area contributed by atoms with Gasteiger partial charge in [0.15, 0.2) is 0 Å². The number of hydrogen-bond acceptors (Lipinski definition) is 4. The Bertz CT molecular complexity index is 1930. The van der Waals surface area contributed by atoms with E-state index in [9.17, 15) is 0 Å². The number of morpholine rings is 1. The lowest BCUT2D eigenvalue weighted by Crippen LogP contribution is -2.38. The van der Waals surface area contributed by atoms with Crippen molar-refractivity contribution >= 4 is 16.7 Å². The first-order chi connectivity index (χ1) is 22.3. The Kier molecular flexibility index (Phi) is 6.97. The van der Waals surface area contributed by atoms with Gasteiger partial charge in [0, 0.05) is 59.4 Å². The molecule has 0 radical (unpaired) electrons. The van der Waals surface area contributed by atoms with Gasteiger partial charge in [0.1, 0.15) is 11.2 Å². The van der Waals surface area contributed by atoms with Crippen molar-refractivity contribution in [3.05, 3.63) is 163 Å². The topological polar surface area (TPSA) is 59.0 Å². The van der Waals surface area contributed by atoms with Crippen LogP contribution in [0.25, 0.3) is 33.3 Å². The molecule has 1 saturated heterocycles. The average molecular weight is 588 g/mol. The highest BCUT2D eigenvalue weighted by Crippen LogP contribution is 2.41. The number of aromatic nitrogens is 4. The molecule has 0 aliphatic carbocycles. The summed E-state index contributed by atoms with van der Waals surface area (Å²) in [5.41, 5.74) is 9.14. The molecule has 0 atom stereocenters. The molecule has 1 aliphatic rings. The van der Waals surface area contributed by atoms with Gasteiger partial charge in [0.25, 0.3) is 0 Å². The molecule has 4 aromatic carbocycles. The molecule has 220 valence electrons. The van der Waals surface area contributed by atoms with Crippen LogP contribution in [0.5, 0.6) is 0 Å². The fraction of sp³-hybridized carbons (Fsp3) is 0.128. The number of hydrogen-bond donors (Lipinski definition) is 1. The van der Waals surface area contributed by atoms with E-state index in [1.165, 1.54) is 5.69 Å². The summed E-state index contributed by atoms with van der Waals surface area (Å²) in [6.45, 7) is 3.40. The standard InChI is InChI=1S/C39H33N5O/c1-4-10-32(11-5-1)39(33-12-6-2-7-13-33,34-14-8-3-9-15-34)44-28-31(26-42-44)37-27-41-38-36(37)24-30(25-40-38)29-16-18-35(19-17-29)43-20-22-45-23-21-43/h1-19,24-28H,20-23H2,(H,40,41). The molecule has 0 saturated carbocycles. The van der Waals surface area contributed by atoms with Crippen LogP contribution in [0.3, 0.4) is 0 Å². The minimum atomic E-state index is -0.667. The molecule has 1 fully saturated rings. The molecule has 0 spiro atoms. The van der Waals surface area contributed by atoms with Crippen LogP contribution in [0.2, 0.25) is 0 Å². The largest absolute Gasteiger partial charge is 0.378 e. The molecule has 45 heavy (non-hydrogen) atoms. The second kappa shape index (κ2) is 11.6. The van der Waals surface area contributed by atoms with Crippen molar-refractivity contribution in [1.82, 2.24) is 19.7 Å². The molecule has 7 aromatic rings. The summed E-state index contributed by atoms with van der Waals surface area (Å²) in [6, 6.07) is 42.9. The van der Waals surface area contributed by atoms with Crippen LogP contribution < -0.4 is 4.90 Å². The van der Waals surface area contributed by atoms with Gasteiger partial charge in [-0.1, -0.05) is 103 Å². The molecule has 6 nitrogen and oxygen atoms in total. The first kappa shape index (κ1) is 27.1. The van der Waals surface area contributed by atoms with Gasteiger partial charge >= 0.3 is 0 Å². The third kappa shape index (κ3) is 4.80. The van der Waals surface area contributed by atoms with Crippen molar-refractivity contribution in [2.75, 3.05) is 31.2 Å².